The smallest absolute Gasteiger partial charge is 0.0543 e. The summed E-state index contributed by atoms with van der Waals surface area (Å²) in [7, 11) is 0. The van der Waals surface area contributed by atoms with Crippen molar-refractivity contribution in [3.63, 3.8) is 0 Å². The van der Waals surface area contributed by atoms with E-state index in [4.69, 9.17) is 0 Å². The molecule has 0 spiro atoms. The summed E-state index contributed by atoms with van der Waals surface area (Å²) in [5.74, 6) is 0. The van der Waals surface area contributed by atoms with Crippen molar-refractivity contribution in [2.24, 2.45) is 0 Å². The van der Waals surface area contributed by atoms with Gasteiger partial charge in [0.1, 0.15) is 0 Å². The second kappa shape index (κ2) is 12.5. The third-order valence-corrected chi connectivity index (χ3v) is 12.3. The molecule has 56 heavy (non-hydrogen) atoms. The molecule has 0 fully saturated rings. The lowest BCUT2D eigenvalue weighted by Gasteiger charge is -2.30. The SMILES string of the molecule is CC1(C)c2ccccc2-c2c(N(c3ccc(-c4cccc5c4ccc4c6ccccc6ccc54)cc3)c3ccccc3-c3ccc4ccccc4c3)cccc21. The molecule has 1 heteroatoms. The van der Waals surface area contributed by atoms with Gasteiger partial charge in [-0.05, 0) is 107 Å². The highest BCUT2D eigenvalue weighted by molar-refractivity contribution is 6.19. The quantitative estimate of drug-likeness (QED) is 0.161. The third-order valence-electron chi connectivity index (χ3n) is 12.3. The lowest BCUT2D eigenvalue weighted by atomic mass is 9.82. The molecule has 1 aliphatic rings. The van der Waals surface area contributed by atoms with Gasteiger partial charge in [0.05, 0.1) is 11.4 Å². The van der Waals surface area contributed by atoms with Crippen molar-refractivity contribution in [1.29, 1.82) is 0 Å². The van der Waals surface area contributed by atoms with Crippen molar-refractivity contribution >= 4 is 60.2 Å². The minimum absolute atomic E-state index is 0.111. The topological polar surface area (TPSA) is 3.24 Å². The molecule has 0 saturated carbocycles. The molecule has 0 aliphatic heterocycles. The number of benzene rings is 10. The standard InChI is InChI=1S/C55H39N/c1-55(2)50-21-9-7-18-49(50)54-51(55)22-12-24-53(54)56(52-23-10-8-17-44(52)40-26-25-36-13-3-4-15-39(36)35-40)41-30-27-38(28-31-41)43-19-11-20-45-46(43)33-34-47-42-16-6-5-14-37(42)29-32-48(45)47/h3-35H,1-2H3. The molecule has 1 aliphatic carbocycles. The van der Waals surface area contributed by atoms with Gasteiger partial charge in [0.2, 0.25) is 0 Å². The number of hydrogen-bond donors (Lipinski definition) is 0. The van der Waals surface area contributed by atoms with E-state index >= 15 is 0 Å². The minimum Gasteiger partial charge on any atom is -0.309 e. The first-order valence-electron chi connectivity index (χ1n) is 19.6. The molecule has 0 amide bonds. The van der Waals surface area contributed by atoms with E-state index in [9.17, 15) is 0 Å². The first-order valence-corrected chi connectivity index (χ1v) is 19.6. The van der Waals surface area contributed by atoms with Crippen LogP contribution < -0.4 is 4.90 Å². The summed E-state index contributed by atoms with van der Waals surface area (Å²) < 4.78 is 0. The summed E-state index contributed by atoms with van der Waals surface area (Å²) >= 11 is 0. The lowest BCUT2D eigenvalue weighted by molar-refractivity contribution is 0.660. The van der Waals surface area contributed by atoms with Gasteiger partial charge >= 0.3 is 0 Å². The van der Waals surface area contributed by atoms with Crippen LogP contribution in [0, 0.1) is 0 Å². The van der Waals surface area contributed by atoms with E-state index in [1.54, 1.807) is 0 Å². The largest absolute Gasteiger partial charge is 0.309 e. The predicted molar refractivity (Wildman–Crippen MR) is 240 cm³/mol. The average molecular weight is 714 g/mol. The number of para-hydroxylation sites is 1. The van der Waals surface area contributed by atoms with Crippen LogP contribution in [0.15, 0.2) is 200 Å². The monoisotopic (exact) mass is 713 g/mol. The predicted octanol–water partition coefficient (Wildman–Crippen LogP) is 15.4. The van der Waals surface area contributed by atoms with Crippen LogP contribution in [-0.4, -0.2) is 0 Å². The van der Waals surface area contributed by atoms with Crippen LogP contribution >= 0.6 is 0 Å². The van der Waals surface area contributed by atoms with E-state index in [1.807, 2.05) is 0 Å². The zero-order valence-electron chi connectivity index (χ0n) is 31.5. The number of fused-ring (bicyclic) bond motifs is 9. The molecule has 0 bridgehead atoms. The van der Waals surface area contributed by atoms with E-state index < -0.39 is 0 Å². The zero-order chi connectivity index (χ0) is 37.4. The summed E-state index contributed by atoms with van der Waals surface area (Å²) in [6.45, 7) is 4.72. The lowest BCUT2D eigenvalue weighted by Crippen LogP contribution is -2.16. The zero-order valence-corrected chi connectivity index (χ0v) is 31.5. The van der Waals surface area contributed by atoms with Gasteiger partial charge in [-0.15, -0.1) is 0 Å². The highest BCUT2D eigenvalue weighted by Gasteiger charge is 2.38. The summed E-state index contributed by atoms with van der Waals surface area (Å²) in [5, 5.41) is 10.2. The Morgan fingerprint density at radius 3 is 1.77 bits per heavy atom. The molecule has 0 unspecified atom stereocenters. The first kappa shape index (κ1) is 32.5. The summed E-state index contributed by atoms with van der Waals surface area (Å²) in [6.07, 6.45) is 0. The van der Waals surface area contributed by atoms with Crippen molar-refractivity contribution < 1.29 is 0 Å². The van der Waals surface area contributed by atoms with Crippen LogP contribution in [0.4, 0.5) is 17.1 Å². The maximum Gasteiger partial charge on any atom is 0.0543 e. The van der Waals surface area contributed by atoms with Crippen molar-refractivity contribution in [3.8, 4) is 33.4 Å². The van der Waals surface area contributed by atoms with Gasteiger partial charge in [0.15, 0.2) is 0 Å². The van der Waals surface area contributed by atoms with Gasteiger partial charge in [-0.2, -0.15) is 0 Å². The average Bonchev–Trinajstić information content (AvgIpc) is 3.50. The van der Waals surface area contributed by atoms with Crippen LogP contribution in [0.1, 0.15) is 25.0 Å². The van der Waals surface area contributed by atoms with Gasteiger partial charge in [-0.25, -0.2) is 0 Å². The fourth-order valence-corrected chi connectivity index (χ4v) is 9.50. The third kappa shape index (κ3) is 4.94. The van der Waals surface area contributed by atoms with Crippen LogP contribution in [0.5, 0.6) is 0 Å². The van der Waals surface area contributed by atoms with Crippen LogP contribution in [0.3, 0.4) is 0 Å². The molecule has 10 aromatic carbocycles. The van der Waals surface area contributed by atoms with E-state index in [0.29, 0.717) is 0 Å². The number of anilines is 3. The molecule has 10 aromatic rings. The molecule has 0 radical (unpaired) electrons. The molecule has 0 aromatic heterocycles. The van der Waals surface area contributed by atoms with Crippen LogP contribution in [0.2, 0.25) is 0 Å². The number of rotatable bonds is 5. The molecule has 264 valence electrons. The molecule has 0 N–H and O–H groups in total. The number of hydrogen-bond acceptors (Lipinski definition) is 1. The molecular weight excluding hydrogens is 675 g/mol. The van der Waals surface area contributed by atoms with Crippen molar-refractivity contribution in [2.75, 3.05) is 4.90 Å². The Balaban J connectivity index is 1.10. The van der Waals surface area contributed by atoms with Gasteiger partial charge in [0.25, 0.3) is 0 Å². The summed E-state index contributed by atoms with van der Waals surface area (Å²) in [6, 6.07) is 74.0. The second-order valence-electron chi connectivity index (χ2n) is 15.7. The summed E-state index contributed by atoms with van der Waals surface area (Å²) in [4.78, 5) is 2.49. The molecule has 11 rings (SSSR count). The molecular formula is C55H39N. The van der Waals surface area contributed by atoms with Crippen molar-refractivity contribution in [3.05, 3.63) is 211 Å². The van der Waals surface area contributed by atoms with E-state index in [0.717, 1.165) is 11.4 Å². The normalized spacial score (nSPS) is 13.0. The highest BCUT2D eigenvalue weighted by atomic mass is 15.1. The minimum atomic E-state index is -0.111. The Bertz CT molecular complexity index is 3170. The highest BCUT2D eigenvalue weighted by Crippen LogP contribution is 2.55. The maximum atomic E-state index is 2.49. The molecule has 0 saturated heterocycles. The fourth-order valence-electron chi connectivity index (χ4n) is 9.50. The fraction of sp³-hybridized carbons (Fsp3) is 0.0545. The van der Waals surface area contributed by atoms with E-state index in [2.05, 4.69) is 219 Å². The van der Waals surface area contributed by atoms with Gasteiger partial charge in [-0.1, -0.05) is 184 Å². The number of nitrogens with zero attached hydrogens (tertiary/aromatic N) is 1. The van der Waals surface area contributed by atoms with Gasteiger partial charge in [-0.3, -0.25) is 0 Å². The Labute approximate surface area is 327 Å². The molecule has 0 atom stereocenters. The molecule has 1 nitrogen and oxygen atoms in total. The van der Waals surface area contributed by atoms with Gasteiger partial charge < -0.3 is 4.90 Å². The van der Waals surface area contributed by atoms with E-state index in [1.165, 1.54) is 93.3 Å². The Morgan fingerprint density at radius 1 is 0.339 bits per heavy atom. The van der Waals surface area contributed by atoms with Crippen molar-refractivity contribution in [1.82, 2.24) is 0 Å². The van der Waals surface area contributed by atoms with Gasteiger partial charge in [0, 0.05) is 22.2 Å². The second-order valence-corrected chi connectivity index (χ2v) is 15.7. The maximum absolute atomic E-state index is 2.49. The van der Waals surface area contributed by atoms with Crippen LogP contribution in [0.25, 0.3) is 76.5 Å². The van der Waals surface area contributed by atoms with E-state index in [-0.39, 0.29) is 5.41 Å². The molecule has 0 heterocycles. The summed E-state index contributed by atoms with van der Waals surface area (Å²) in [5.41, 5.74) is 13.5. The van der Waals surface area contributed by atoms with Crippen molar-refractivity contribution in [2.45, 2.75) is 19.3 Å². The Kier molecular flexibility index (Phi) is 7.28. The Hall–Kier alpha value is -6.96. The van der Waals surface area contributed by atoms with Crippen LogP contribution in [-0.2, 0) is 5.41 Å². The first-order chi connectivity index (χ1) is 27.5. The Morgan fingerprint density at radius 2 is 0.893 bits per heavy atom.